The van der Waals surface area contributed by atoms with Crippen LogP contribution in [0.3, 0.4) is 0 Å². The van der Waals surface area contributed by atoms with Gasteiger partial charge in [0.25, 0.3) is 0 Å². The summed E-state index contributed by atoms with van der Waals surface area (Å²) in [6.07, 6.45) is 3.57. The van der Waals surface area contributed by atoms with Crippen molar-refractivity contribution in [1.29, 1.82) is 0 Å². The van der Waals surface area contributed by atoms with Gasteiger partial charge in [-0.05, 0) is 66.1 Å². The molecule has 3 aliphatic rings. The summed E-state index contributed by atoms with van der Waals surface area (Å²) in [5.41, 5.74) is 7.11. The number of hydrogen-bond donors (Lipinski definition) is 1. The molecule has 2 bridgehead atoms. The first-order valence-corrected chi connectivity index (χ1v) is 13.5. The molecule has 3 atom stereocenters. The summed E-state index contributed by atoms with van der Waals surface area (Å²) in [5.74, 6) is 1.07. The first kappa shape index (κ1) is 25.7. The van der Waals surface area contributed by atoms with Crippen molar-refractivity contribution in [3.05, 3.63) is 143 Å². The van der Waals surface area contributed by atoms with Gasteiger partial charge in [0, 0.05) is 24.5 Å². The quantitative estimate of drug-likeness (QED) is 0.273. The van der Waals surface area contributed by atoms with Crippen LogP contribution in [-0.2, 0) is 13.0 Å². The predicted molar refractivity (Wildman–Crippen MR) is 156 cm³/mol. The number of rotatable bonds is 8. The molecule has 3 aliphatic heterocycles. The van der Waals surface area contributed by atoms with Crippen LogP contribution in [-0.4, -0.2) is 30.1 Å². The van der Waals surface area contributed by atoms with Crippen LogP contribution in [0, 0.1) is 5.92 Å². The minimum atomic E-state index is 0. The van der Waals surface area contributed by atoms with Crippen molar-refractivity contribution in [2.75, 3.05) is 13.1 Å². The molecule has 7 rings (SSSR count). The molecule has 3 heteroatoms. The van der Waals surface area contributed by atoms with E-state index in [1.807, 2.05) is 0 Å². The summed E-state index contributed by atoms with van der Waals surface area (Å²) in [6, 6.07) is 43.2. The Morgan fingerprint density at radius 2 is 1.24 bits per heavy atom. The molecule has 190 valence electrons. The minimum absolute atomic E-state index is 0. The highest BCUT2D eigenvalue weighted by atomic mass is 35.5. The van der Waals surface area contributed by atoms with E-state index in [2.05, 4.69) is 125 Å². The van der Waals surface area contributed by atoms with Crippen molar-refractivity contribution in [2.45, 2.75) is 43.8 Å². The number of halogens is 1. The number of hydrogen-bond acceptors (Lipinski definition) is 2. The molecular formula is C34H37ClN2. The van der Waals surface area contributed by atoms with Gasteiger partial charge in [0.2, 0.25) is 0 Å². The highest BCUT2D eigenvalue weighted by Gasteiger charge is 2.46. The summed E-state index contributed by atoms with van der Waals surface area (Å²) < 4.78 is 0. The second-order valence-electron chi connectivity index (χ2n) is 10.5. The molecule has 4 aromatic carbocycles. The smallest absolute Gasteiger partial charge is 0.0361 e. The lowest BCUT2D eigenvalue weighted by molar-refractivity contribution is 0.00458. The van der Waals surface area contributed by atoms with Gasteiger partial charge in [-0.1, -0.05) is 115 Å². The zero-order valence-corrected chi connectivity index (χ0v) is 22.2. The third-order valence-electron chi connectivity index (χ3n) is 8.38. The molecule has 0 spiro atoms. The molecule has 0 radical (unpaired) electrons. The third-order valence-corrected chi connectivity index (χ3v) is 8.38. The van der Waals surface area contributed by atoms with E-state index in [1.54, 1.807) is 0 Å². The van der Waals surface area contributed by atoms with E-state index in [9.17, 15) is 0 Å². The Kier molecular flexibility index (Phi) is 8.41. The summed E-state index contributed by atoms with van der Waals surface area (Å²) >= 11 is 0. The molecule has 0 aromatic heterocycles. The van der Waals surface area contributed by atoms with Crippen LogP contribution in [0.4, 0.5) is 0 Å². The molecule has 2 nitrogen and oxygen atoms in total. The highest BCUT2D eigenvalue weighted by Crippen LogP contribution is 2.43. The minimum Gasteiger partial charge on any atom is -0.308 e. The van der Waals surface area contributed by atoms with Crippen LogP contribution in [0.5, 0.6) is 0 Å². The fourth-order valence-electron chi connectivity index (χ4n) is 6.66. The Bertz CT molecular complexity index is 1240. The van der Waals surface area contributed by atoms with Crippen molar-refractivity contribution >= 4 is 12.4 Å². The van der Waals surface area contributed by atoms with E-state index in [1.165, 1.54) is 53.7 Å². The molecular weight excluding hydrogens is 472 g/mol. The average Bonchev–Trinajstić information content (AvgIpc) is 2.96. The molecule has 3 heterocycles. The highest BCUT2D eigenvalue weighted by molar-refractivity contribution is 5.85. The molecule has 3 unspecified atom stereocenters. The Morgan fingerprint density at radius 1 is 0.676 bits per heavy atom. The lowest BCUT2D eigenvalue weighted by atomic mass is 9.69. The fourth-order valence-corrected chi connectivity index (χ4v) is 6.66. The topological polar surface area (TPSA) is 15.3 Å². The van der Waals surface area contributed by atoms with Gasteiger partial charge in [-0.2, -0.15) is 0 Å². The Morgan fingerprint density at radius 3 is 1.92 bits per heavy atom. The van der Waals surface area contributed by atoms with Gasteiger partial charge >= 0.3 is 0 Å². The van der Waals surface area contributed by atoms with Gasteiger partial charge in [0.1, 0.15) is 0 Å². The molecule has 1 N–H and O–H groups in total. The zero-order chi connectivity index (χ0) is 24.2. The molecule has 3 fully saturated rings. The van der Waals surface area contributed by atoms with Gasteiger partial charge in [-0.25, -0.2) is 0 Å². The number of benzene rings is 4. The zero-order valence-electron chi connectivity index (χ0n) is 21.4. The largest absolute Gasteiger partial charge is 0.308 e. The standard InChI is InChI=1S/C34H36N2.ClH/c1-4-12-26(13-5-1)24-30-18-10-11-19-31(30)32(28-16-8-3-9-17-28)34-33(29-20-22-36(34)23-21-29)35-25-27-14-6-2-7-15-27;/h1-19,29,32-35H,20-25H2;1H. The van der Waals surface area contributed by atoms with E-state index < -0.39 is 0 Å². The molecule has 3 saturated heterocycles. The monoisotopic (exact) mass is 508 g/mol. The Balaban J connectivity index is 0.00000280. The van der Waals surface area contributed by atoms with Crippen LogP contribution in [0.2, 0.25) is 0 Å². The van der Waals surface area contributed by atoms with Crippen LogP contribution < -0.4 is 5.32 Å². The van der Waals surface area contributed by atoms with Crippen molar-refractivity contribution in [2.24, 2.45) is 5.92 Å². The van der Waals surface area contributed by atoms with Crippen molar-refractivity contribution < 1.29 is 0 Å². The van der Waals surface area contributed by atoms with E-state index in [0.717, 1.165) is 18.9 Å². The predicted octanol–water partition coefficient (Wildman–Crippen LogP) is 7.08. The third kappa shape index (κ3) is 5.67. The van der Waals surface area contributed by atoms with Crippen LogP contribution in [0.1, 0.15) is 46.6 Å². The summed E-state index contributed by atoms with van der Waals surface area (Å²) in [6.45, 7) is 3.35. The number of nitrogens with zero attached hydrogens (tertiary/aromatic N) is 1. The Hall–Kier alpha value is -2.91. The number of piperidine rings is 3. The Labute approximate surface area is 228 Å². The van der Waals surface area contributed by atoms with E-state index in [0.29, 0.717) is 18.0 Å². The van der Waals surface area contributed by atoms with E-state index in [-0.39, 0.29) is 12.4 Å². The average molecular weight is 509 g/mol. The van der Waals surface area contributed by atoms with Crippen LogP contribution in [0.15, 0.2) is 115 Å². The lowest BCUT2D eigenvalue weighted by Gasteiger charge is -2.54. The van der Waals surface area contributed by atoms with Crippen LogP contribution in [0.25, 0.3) is 0 Å². The molecule has 0 aliphatic carbocycles. The van der Waals surface area contributed by atoms with E-state index >= 15 is 0 Å². The van der Waals surface area contributed by atoms with Crippen molar-refractivity contribution in [3.8, 4) is 0 Å². The summed E-state index contributed by atoms with van der Waals surface area (Å²) in [7, 11) is 0. The normalized spacial score (nSPS) is 23.2. The second-order valence-corrected chi connectivity index (χ2v) is 10.5. The molecule has 0 saturated carbocycles. The summed E-state index contributed by atoms with van der Waals surface area (Å²) in [5, 5.41) is 4.07. The maximum atomic E-state index is 4.07. The van der Waals surface area contributed by atoms with E-state index in [4.69, 9.17) is 0 Å². The second kappa shape index (κ2) is 12.1. The molecule has 37 heavy (non-hydrogen) atoms. The van der Waals surface area contributed by atoms with Gasteiger partial charge in [-0.15, -0.1) is 12.4 Å². The maximum Gasteiger partial charge on any atom is 0.0361 e. The first-order chi connectivity index (χ1) is 17.9. The molecule has 4 aromatic rings. The van der Waals surface area contributed by atoms with Gasteiger partial charge in [-0.3, -0.25) is 4.90 Å². The van der Waals surface area contributed by atoms with Crippen molar-refractivity contribution in [3.63, 3.8) is 0 Å². The SMILES string of the molecule is Cl.c1ccc(CNC2C3CCN(CC3)C2C(c2ccccc2)c2ccccc2Cc2ccccc2)cc1. The number of fused-ring (bicyclic) bond motifs is 3. The maximum absolute atomic E-state index is 4.07. The number of nitrogens with one attached hydrogen (secondary N) is 1. The van der Waals surface area contributed by atoms with Gasteiger partial charge < -0.3 is 5.32 Å². The van der Waals surface area contributed by atoms with Crippen LogP contribution >= 0.6 is 12.4 Å². The van der Waals surface area contributed by atoms with Crippen molar-refractivity contribution in [1.82, 2.24) is 10.2 Å². The fraction of sp³-hybridized carbons (Fsp3) is 0.294. The lowest BCUT2D eigenvalue weighted by Crippen LogP contribution is -2.64. The summed E-state index contributed by atoms with van der Waals surface area (Å²) in [4.78, 5) is 2.79. The molecule has 0 amide bonds. The van der Waals surface area contributed by atoms with Gasteiger partial charge in [0.05, 0.1) is 0 Å². The first-order valence-electron chi connectivity index (χ1n) is 13.5. The van der Waals surface area contributed by atoms with Gasteiger partial charge in [0.15, 0.2) is 0 Å².